The maximum atomic E-state index is 15.4. The Morgan fingerprint density at radius 2 is 0.369 bits per heavy atom. The van der Waals surface area contributed by atoms with Gasteiger partial charge in [0.15, 0.2) is 69.8 Å². The van der Waals surface area contributed by atoms with E-state index in [9.17, 15) is 77.9 Å². The lowest BCUT2D eigenvalue weighted by molar-refractivity contribution is 0.378. The van der Waals surface area contributed by atoms with Crippen LogP contribution in [0.25, 0.3) is 0 Å². The van der Waals surface area contributed by atoms with E-state index in [1.807, 2.05) is 41.5 Å². The standard InChI is InChI=1S/C24BF20.3C9H12O3S/c26-5-1(6(27)14(35)21(42)13(5)34)25(2-7(28)15(36)22(43)16(37)8(2)29,3-9(30)17(38)23(44)18(39)10(3)31)4-11(32)19(40)24(45)20(41)12(4)33;3*1-7(2)8-3-5-9(6-4-8)13(10,11)12/h;3*3-7H,1-2H3,(H,10,11,12)/q-1;;;. The lowest BCUT2D eigenvalue weighted by Crippen LogP contribution is -2.81. The quantitative estimate of drug-likeness (QED) is 0.0398. The monoisotopic (exact) mass is 1280 g/mol. The van der Waals surface area contributed by atoms with E-state index in [1.54, 1.807) is 36.4 Å². The smallest absolute Gasteiger partial charge is 0.282 e. The molecule has 7 aromatic rings. The molecule has 0 amide bonds. The molecule has 7 aromatic carbocycles. The van der Waals surface area contributed by atoms with Gasteiger partial charge in [0.05, 0.1) is 14.7 Å². The van der Waals surface area contributed by atoms with Crippen LogP contribution in [-0.2, 0) is 30.4 Å². The maximum absolute atomic E-state index is 15.4. The molecule has 33 heteroatoms. The highest BCUT2D eigenvalue weighted by Crippen LogP contribution is 2.31. The van der Waals surface area contributed by atoms with Gasteiger partial charge in [-0.05, 0) is 70.8 Å². The predicted octanol–water partition coefficient (Wildman–Crippen LogP) is 12.0. The Bertz CT molecular complexity index is 3440. The normalized spacial score (nSPS) is 12.0. The van der Waals surface area contributed by atoms with Crippen molar-refractivity contribution in [1.29, 1.82) is 0 Å². The van der Waals surface area contributed by atoms with Crippen molar-refractivity contribution in [2.45, 2.75) is 74.0 Å². The zero-order chi connectivity index (χ0) is 64.5. The first-order chi connectivity index (χ1) is 38.4. The van der Waals surface area contributed by atoms with Crippen molar-refractivity contribution >= 4 is 58.4 Å². The molecule has 0 aliphatic heterocycles. The molecule has 0 aromatic heterocycles. The van der Waals surface area contributed by atoms with Gasteiger partial charge < -0.3 is 0 Å². The van der Waals surface area contributed by atoms with E-state index in [-0.39, 0.29) is 14.7 Å². The molecular weight excluding hydrogens is 1240 g/mol. The minimum Gasteiger partial charge on any atom is -0.282 e. The Labute approximate surface area is 463 Å². The molecule has 0 spiro atoms. The molecule has 0 fully saturated rings. The van der Waals surface area contributed by atoms with Gasteiger partial charge in [0.25, 0.3) is 30.4 Å². The van der Waals surface area contributed by atoms with Crippen LogP contribution in [0.15, 0.2) is 87.5 Å². The van der Waals surface area contributed by atoms with Crippen molar-refractivity contribution in [2.24, 2.45) is 0 Å². The van der Waals surface area contributed by atoms with Gasteiger partial charge in [-0.3, -0.25) is 13.7 Å². The summed E-state index contributed by atoms with van der Waals surface area (Å²) in [4.78, 5) is -0.175. The second-order valence-corrected chi connectivity index (χ2v) is 22.7. The summed E-state index contributed by atoms with van der Waals surface area (Å²) in [5, 5.41) is 0. The predicted molar refractivity (Wildman–Crippen MR) is 260 cm³/mol. The molecule has 0 aliphatic carbocycles. The van der Waals surface area contributed by atoms with Gasteiger partial charge >= 0.3 is 0 Å². The van der Waals surface area contributed by atoms with Gasteiger partial charge in [-0.25, -0.2) is 87.8 Å². The van der Waals surface area contributed by atoms with Gasteiger partial charge in [-0.2, -0.15) is 25.3 Å². The fraction of sp³-hybridized carbons (Fsp3) is 0.176. The molecule has 3 N–H and O–H groups in total. The number of hydrogen-bond acceptors (Lipinski definition) is 6. The topological polar surface area (TPSA) is 163 Å². The third-order valence-corrected chi connectivity index (χ3v) is 14.8. The second-order valence-electron chi connectivity index (χ2n) is 18.4. The largest absolute Gasteiger partial charge is 0.294 e. The Morgan fingerprint density at radius 3 is 0.476 bits per heavy atom. The third-order valence-electron chi connectivity index (χ3n) is 12.2. The van der Waals surface area contributed by atoms with E-state index >= 15 is 35.1 Å². The van der Waals surface area contributed by atoms with E-state index in [0.29, 0.717) is 17.8 Å². The first-order valence-corrected chi connectivity index (χ1v) is 27.2. The molecule has 7 rings (SSSR count). The maximum Gasteiger partial charge on any atom is 0.294 e. The van der Waals surface area contributed by atoms with Crippen LogP contribution in [0.2, 0.25) is 0 Å². The molecule has 0 bridgehead atoms. The molecule has 0 heterocycles. The van der Waals surface area contributed by atoms with Crippen LogP contribution in [-0.4, -0.2) is 45.1 Å². The van der Waals surface area contributed by atoms with Crippen LogP contribution in [0.4, 0.5) is 87.8 Å². The van der Waals surface area contributed by atoms with Crippen LogP contribution in [0.3, 0.4) is 0 Å². The highest BCUT2D eigenvalue weighted by molar-refractivity contribution is 7.86. The van der Waals surface area contributed by atoms with Crippen molar-refractivity contribution in [3.63, 3.8) is 0 Å². The average molecular weight is 1280 g/mol. The van der Waals surface area contributed by atoms with Crippen LogP contribution < -0.4 is 21.9 Å². The van der Waals surface area contributed by atoms with Crippen molar-refractivity contribution < 1.29 is 127 Å². The Balaban J connectivity index is 0.000000310. The molecule has 0 aliphatic rings. The van der Waals surface area contributed by atoms with Gasteiger partial charge in [0, 0.05) is 0 Å². The molecule has 0 saturated heterocycles. The summed E-state index contributed by atoms with van der Waals surface area (Å²) in [5.41, 5.74) is -11.2. The number of halogens is 20. The molecule has 84 heavy (non-hydrogen) atoms. The SMILES string of the molecule is CC(C)c1ccc(S(=O)(=O)O)cc1.CC(C)c1ccc(S(=O)(=O)O)cc1.CC(C)c1ccc(S(=O)(=O)O)cc1.Fc1c(F)c(F)c([B-](c2c(F)c(F)c(F)c(F)c2F)(c2c(F)c(F)c(F)c(F)c2F)c2c(F)c(F)c(F)c(F)c2F)c(F)c1F. The van der Waals surface area contributed by atoms with E-state index < -0.39 is 175 Å². The summed E-state index contributed by atoms with van der Waals surface area (Å²) < 4.78 is 384. The highest BCUT2D eigenvalue weighted by Gasteiger charge is 2.52. The van der Waals surface area contributed by atoms with Gasteiger partial charge in [-0.15, -0.1) is 21.9 Å². The Morgan fingerprint density at radius 1 is 0.250 bits per heavy atom. The summed E-state index contributed by atoms with van der Waals surface area (Å²) in [6, 6.07) is 18.7. The van der Waals surface area contributed by atoms with Gasteiger partial charge in [-0.1, -0.05) is 77.9 Å². The van der Waals surface area contributed by atoms with Crippen molar-refractivity contribution in [1.82, 2.24) is 0 Å². The average Bonchev–Trinajstić information content (AvgIpc) is 0.708. The molecular formula is C51H36BF20O9S3-. The molecule has 0 atom stereocenters. The summed E-state index contributed by atoms with van der Waals surface area (Å²) in [6.45, 7) is 12.1. The lowest BCUT2D eigenvalue weighted by Gasteiger charge is -2.44. The van der Waals surface area contributed by atoms with Crippen LogP contribution in [0, 0.1) is 116 Å². The minimum absolute atomic E-state index is 0.0584. The van der Waals surface area contributed by atoms with Crippen LogP contribution >= 0.6 is 0 Å². The highest BCUT2D eigenvalue weighted by atomic mass is 32.2. The van der Waals surface area contributed by atoms with E-state index in [0.717, 1.165) is 16.7 Å². The fourth-order valence-electron chi connectivity index (χ4n) is 7.95. The number of rotatable bonds is 10. The number of benzene rings is 7. The summed E-state index contributed by atoms with van der Waals surface area (Å²) in [5.74, 6) is -70.3. The zero-order valence-electron chi connectivity index (χ0n) is 42.8. The van der Waals surface area contributed by atoms with Crippen LogP contribution in [0.1, 0.15) is 76.0 Å². The first kappa shape index (κ1) is 69.4. The molecule has 0 unspecified atom stereocenters. The zero-order valence-corrected chi connectivity index (χ0v) is 45.3. The molecule has 0 saturated carbocycles. The molecule has 0 radical (unpaired) electrons. The second kappa shape index (κ2) is 26.1. The van der Waals surface area contributed by atoms with Crippen molar-refractivity contribution in [2.75, 3.05) is 0 Å². The summed E-state index contributed by atoms with van der Waals surface area (Å²) >= 11 is 0. The summed E-state index contributed by atoms with van der Waals surface area (Å²) in [7, 11) is -12.1. The number of hydrogen-bond donors (Lipinski definition) is 3. The third kappa shape index (κ3) is 13.7. The van der Waals surface area contributed by atoms with Gasteiger partial charge in [0.1, 0.15) is 52.7 Å². The fourth-order valence-corrected chi connectivity index (χ4v) is 9.39. The lowest BCUT2D eigenvalue weighted by atomic mass is 9.12. The van der Waals surface area contributed by atoms with E-state index in [2.05, 4.69) is 0 Å². The van der Waals surface area contributed by atoms with Crippen molar-refractivity contribution in [3.05, 3.63) is 206 Å². The Kier molecular flexibility index (Phi) is 21.5. The molecule has 456 valence electrons. The minimum atomic E-state index is -7.22. The van der Waals surface area contributed by atoms with Crippen molar-refractivity contribution in [3.8, 4) is 0 Å². The van der Waals surface area contributed by atoms with E-state index in [1.165, 1.54) is 36.4 Å². The molecule has 9 nitrogen and oxygen atoms in total. The summed E-state index contributed by atoms with van der Waals surface area (Å²) in [6.07, 6.45) is -7.22. The van der Waals surface area contributed by atoms with Gasteiger partial charge in [0.2, 0.25) is 0 Å². The Hall–Kier alpha value is -7.07. The van der Waals surface area contributed by atoms with E-state index in [4.69, 9.17) is 13.7 Å². The first-order valence-electron chi connectivity index (χ1n) is 22.9. The van der Waals surface area contributed by atoms with Crippen LogP contribution in [0.5, 0.6) is 0 Å².